The molecule has 0 saturated heterocycles. The highest BCUT2D eigenvalue weighted by atomic mass is 19.1. The van der Waals surface area contributed by atoms with Crippen molar-refractivity contribution in [1.82, 2.24) is 5.32 Å². The molecule has 5 heteroatoms. The summed E-state index contributed by atoms with van der Waals surface area (Å²) in [6.07, 6.45) is -0.705. The minimum atomic E-state index is -0.705. The summed E-state index contributed by atoms with van der Waals surface area (Å²) in [5, 5.41) is 11.8. The summed E-state index contributed by atoms with van der Waals surface area (Å²) in [6, 6.07) is 3.83. The number of amides is 1. The molecule has 1 rings (SSSR count). The zero-order valence-electron chi connectivity index (χ0n) is 10.7. The van der Waals surface area contributed by atoms with Crippen LogP contribution in [0.25, 0.3) is 0 Å². The van der Waals surface area contributed by atoms with E-state index in [-0.39, 0.29) is 18.6 Å². The van der Waals surface area contributed by atoms with Crippen molar-refractivity contribution in [2.45, 2.75) is 39.5 Å². The van der Waals surface area contributed by atoms with Crippen molar-refractivity contribution in [3.63, 3.8) is 0 Å². The molecule has 0 aliphatic heterocycles. The van der Waals surface area contributed by atoms with E-state index in [1.807, 2.05) is 13.8 Å². The third-order valence-electron chi connectivity index (χ3n) is 2.30. The average Bonchev–Trinajstić information content (AvgIpc) is 2.30. The molecule has 0 aliphatic rings. The van der Waals surface area contributed by atoms with Crippen molar-refractivity contribution in [1.29, 1.82) is 0 Å². The van der Waals surface area contributed by atoms with Crippen LogP contribution in [0.5, 0.6) is 5.75 Å². The third-order valence-corrected chi connectivity index (χ3v) is 2.30. The van der Waals surface area contributed by atoms with Crippen molar-refractivity contribution in [2.24, 2.45) is 0 Å². The second-order valence-electron chi connectivity index (χ2n) is 4.33. The smallest absolute Gasteiger partial charge is 0.260 e. The van der Waals surface area contributed by atoms with Crippen LogP contribution in [0.2, 0.25) is 0 Å². The summed E-state index contributed by atoms with van der Waals surface area (Å²) in [6.45, 7) is 4.96. The average molecular weight is 255 g/mol. The highest BCUT2D eigenvalue weighted by molar-refractivity contribution is 5.80. The Labute approximate surface area is 106 Å². The second kappa shape index (κ2) is 6.35. The van der Waals surface area contributed by atoms with Crippen LogP contribution >= 0.6 is 0 Å². The van der Waals surface area contributed by atoms with Gasteiger partial charge in [0.2, 0.25) is 0 Å². The lowest BCUT2D eigenvalue weighted by Gasteiger charge is -2.18. The van der Waals surface area contributed by atoms with Gasteiger partial charge in [-0.3, -0.25) is 4.79 Å². The fraction of sp³-hybridized carbons (Fsp3) is 0.462. The zero-order chi connectivity index (χ0) is 13.7. The van der Waals surface area contributed by atoms with Gasteiger partial charge in [0.05, 0.1) is 6.61 Å². The molecule has 1 aromatic carbocycles. The Morgan fingerprint density at radius 1 is 1.44 bits per heavy atom. The van der Waals surface area contributed by atoms with Crippen LogP contribution < -0.4 is 10.1 Å². The molecule has 1 unspecified atom stereocenters. The number of ether oxygens (including phenoxy) is 1. The van der Waals surface area contributed by atoms with Gasteiger partial charge < -0.3 is 15.2 Å². The molecular formula is C13H18FNO3. The van der Waals surface area contributed by atoms with Crippen molar-refractivity contribution in [3.8, 4) is 5.75 Å². The van der Waals surface area contributed by atoms with Gasteiger partial charge in [-0.15, -0.1) is 0 Å². The molecule has 0 radical (unpaired) electrons. The lowest BCUT2D eigenvalue weighted by Crippen LogP contribution is -2.40. The van der Waals surface area contributed by atoms with Crippen molar-refractivity contribution in [2.75, 3.05) is 0 Å². The molecule has 2 N–H and O–H groups in total. The summed E-state index contributed by atoms with van der Waals surface area (Å²) in [5.74, 6) is -0.394. The Bertz CT molecular complexity index is 421. The van der Waals surface area contributed by atoms with Crippen molar-refractivity contribution >= 4 is 5.91 Å². The molecule has 4 nitrogen and oxygen atoms in total. The van der Waals surface area contributed by atoms with Gasteiger partial charge in [0.25, 0.3) is 5.91 Å². The normalized spacial score (nSPS) is 12.3. The van der Waals surface area contributed by atoms with Crippen LogP contribution in [0, 0.1) is 5.82 Å². The topological polar surface area (TPSA) is 58.6 Å². The van der Waals surface area contributed by atoms with E-state index in [9.17, 15) is 9.18 Å². The number of hydrogen-bond acceptors (Lipinski definition) is 3. The van der Waals surface area contributed by atoms with Crippen LogP contribution in [0.1, 0.15) is 26.3 Å². The van der Waals surface area contributed by atoms with Crippen LogP contribution in [0.15, 0.2) is 18.2 Å². The second-order valence-corrected chi connectivity index (χ2v) is 4.33. The summed E-state index contributed by atoms with van der Waals surface area (Å²) in [5.41, 5.74) is 0.319. The maximum absolute atomic E-state index is 13.0. The molecule has 0 heterocycles. The first-order valence-corrected chi connectivity index (χ1v) is 5.80. The summed E-state index contributed by atoms with van der Waals surface area (Å²) < 4.78 is 18.4. The summed E-state index contributed by atoms with van der Waals surface area (Å²) in [7, 11) is 0. The van der Waals surface area contributed by atoms with Gasteiger partial charge >= 0.3 is 0 Å². The van der Waals surface area contributed by atoms with Crippen LogP contribution in [0.3, 0.4) is 0 Å². The zero-order valence-corrected chi connectivity index (χ0v) is 10.7. The van der Waals surface area contributed by atoms with Gasteiger partial charge in [0.1, 0.15) is 11.6 Å². The van der Waals surface area contributed by atoms with Crippen LogP contribution in [-0.4, -0.2) is 23.2 Å². The monoisotopic (exact) mass is 255 g/mol. The lowest BCUT2D eigenvalue weighted by molar-refractivity contribution is -0.127. The number of aliphatic hydroxyl groups excluding tert-OH is 1. The predicted octanol–water partition coefficient (Wildman–Crippen LogP) is 1.61. The molecule has 0 fully saturated rings. The van der Waals surface area contributed by atoms with Gasteiger partial charge in [-0.2, -0.15) is 0 Å². The number of benzene rings is 1. The largest absolute Gasteiger partial charge is 0.481 e. The van der Waals surface area contributed by atoms with E-state index in [0.717, 1.165) is 0 Å². The highest BCUT2D eigenvalue weighted by Crippen LogP contribution is 2.21. The van der Waals surface area contributed by atoms with Crippen molar-refractivity contribution in [3.05, 3.63) is 29.6 Å². The molecule has 1 amide bonds. The van der Waals surface area contributed by atoms with Gasteiger partial charge in [-0.05, 0) is 39.0 Å². The number of halogens is 1. The number of nitrogens with one attached hydrogen (secondary N) is 1. The first-order valence-electron chi connectivity index (χ1n) is 5.80. The minimum absolute atomic E-state index is 0.0223. The maximum atomic E-state index is 13.0. The fourth-order valence-electron chi connectivity index (χ4n) is 1.43. The lowest BCUT2D eigenvalue weighted by atomic mass is 10.2. The fourth-order valence-corrected chi connectivity index (χ4v) is 1.43. The third kappa shape index (κ3) is 4.00. The summed E-state index contributed by atoms with van der Waals surface area (Å²) >= 11 is 0. The Morgan fingerprint density at radius 2 is 2.11 bits per heavy atom. The van der Waals surface area contributed by atoms with Crippen LogP contribution in [0.4, 0.5) is 4.39 Å². The molecular weight excluding hydrogens is 237 g/mol. The van der Waals surface area contributed by atoms with E-state index in [1.165, 1.54) is 18.2 Å². The minimum Gasteiger partial charge on any atom is -0.481 e. The number of aliphatic hydroxyl groups is 1. The highest BCUT2D eigenvalue weighted by Gasteiger charge is 2.17. The molecule has 0 saturated carbocycles. The standard InChI is InChI=1S/C13H18FNO3/c1-8(2)15-13(17)9(3)18-12-5-4-11(14)6-10(12)7-16/h4-6,8-9,16H,7H2,1-3H3,(H,15,17). The predicted molar refractivity (Wildman–Crippen MR) is 65.7 cm³/mol. The molecule has 0 aromatic heterocycles. The first-order chi connectivity index (χ1) is 8.43. The van der Waals surface area contributed by atoms with E-state index in [1.54, 1.807) is 6.92 Å². The first kappa shape index (κ1) is 14.4. The molecule has 18 heavy (non-hydrogen) atoms. The van der Waals surface area contributed by atoms with Gasteiger partial charge in [0, 0.05) is 11.6 Å². The number of carbonyl (C=O) groups excluding carboxylic acids is 1. The Balaban J connectivity index is 2.75. The molecule has 1 aromatic rings. The van der Waals surface area contributed by atoms with E-state index in [0.29, 0.717) is 11.3 Å². The molecule has 0 bridgehead atoms. The summed E-state index contributed by atoms with van der Waals surface area (Å²) in [4.78, 5) is 11.7. The Morgan fingerprint density at radius 3 is 2.67 bits per heavy atom. The SMILES string of the molecule is CC(C)NC(=O)C(C)Oc1ccc(F)cc1CO. The van der Waals surface area contributed by atoms with Crippen LogP contribution in [-0.2, 0) is 11.4 Å². The van der Waals surface area contributed by atoms with E-state index in [4.69, 9.17) is 9.84 Å². The molecule has 100 valence electrons. The van der Waals surface area contributed by atoms with Gasteiger partial charge in [-0.25, -0.2) is 4.39 Å². The molecule has 1 atom stereocenters. The maximum Gasteiger partial charge on any atom is 0.260 e. The van der Waals surface area contributed by atoms with Gasteiger partial charge in [-0.1, -0.05) is 0 Å². The van der Waals surface area contributed by atoms with E-state index < -0.39 is 11.9 Å². The number of hydrogen-bond donors (Lipinski definition) is 2. The van der Waals surface area contributed by atoms with Gasteiger partial charge in [0.15, 0.2) is 6.10 Å². The Hall–Kier alpha value is -1.62. The quantitative estimate of drug-likeness (QED) is 0.840. The molecule has 0 aliphatic carbocycles. The number of carbonyl (C=O) groups is 1. The van der Waals surface area contributed by atoms with Crippen molar-refractivity contribution < 1.29 is 19.0 Å². The van der Waals surface area contributed by atoms with E-state index in [2.05, 4.69) is 5.32 Å². The van der Waals surface area contributed by atoms with E-state index >= 15 is 0 Å². The molecule has 0 spiro atoms. The Kier molecular flexibility index (Phi) is 5.09. The number of rotatable bonds is 5.